The van der Waals surface area contributed by atoms with Crippen LogP contribution in [0.1, 0.15) is 80.1 Å². The van der Waals surface area contributed by atoms with E-state index < -0.39 is 0 Å². The van der Waals surface area contributed by atoms with Crippen LogP contribution in [0.25, 0.3) is 0 Å². The molecule has 2 rings (SSSR count). The van der Waals surface area contributed by atoms with Gasteiger partial charge in [0.2, 0.25) is 0 Å². The minimum atomic E-state index is 0.955. The first-order chi connectivity index (χ1) is 8.56. The van der Waals surface area contributed by atoms with Crippen LogP contribution in [0.4, 0.5) is 0 Å². The second-order valence-electron chi connectivity index (χ2n) is 7.08. The summed E-state index contributed by atoms with van der Waals surface area (Å²) in [6, 6.07) is 0. The monoisotopic (exact) mass is 252 g/mol. The van der Waals surface area contributed by atoms with Gasteiger partial charge in [-0.3, -0.25) is 0 Å². The normalized spacial score (nSPS) is 40.7. The van der Waals surface area contributed by atoms with E-state index in [9.17, 15) is 0 Å². The first-order valence-corrected chi connectivity index (χ1v) is 8.56. The predicted octanol–water partition coefficient (Wildman–Crippen LogP) is 6.16. The number of fused-ring (bicyclic) bond motifs is 1. The van der Waals surface area contributed by atoms with Crippen LogP contribution in [0.3, 0.4) is 0 Å². The van der Waals surface area contributed by atoms with Crippen molar-refractivity contribution in [3.05, 3.63) is 0 Å². The van der Waals surface area contributed by atoms with Gasteiger partial charge in [-0.05, 0) is 54.8 Å². The number of rotatable bonds is 2. The van der Waals surface area contributed by atoms with E-state index in [1.54, 1.807) is 0 Å². The maximum Gasteiger partial charge on any atom is -0.0355 e. The maximum atomic E-state index is 2.55. The van der Waals surface area contributed by atoms with Crippen molar-refractivity contribution >= 4 is 0 Å². The van der Waals surface area contributed by atoms with Crippen molar-refractivity contribution in [2.24, 2.45) is 35.5 Å². The Morgan fingerprint density at radius 3 is 2.00 bits per heavy atom. The molecule has 0 saturated heterocycles. The Labute approximate surface area is 116 Å². The van der Waals surface area contributed by atoms with E-state index in [1.807, 2.05) is 0 Å². The molecule has 0 aliphatic heterocycles. The number of hydrogen-bond acceptors (Lipinski definition) is 0. The van der Waals surface area contributed by atoms with Crippen LogP contribution in [-0.2, 0) is 0 Å². The summed E-state index contributed by atoms with van der Waals surface area (Å²) in [6.45, 7) is 14.1. The summed E-state index contributed by atoms with van der Waals surface area (Å²) in [7, 11) is 0. The topological polar surface area (TPSA) is 0 Å². The van der Waals surface area contributed by atoms with E-state index in [0.717, 1.165) is 35.5 Å². The zero-order valence-electron chi connectivity index (χ0n) is 13.7. The SMILES string of the molecule is CCC.CCC(C)C1CCC2C(C)CCC2C1C. The average molecular weight is 252 g/mol. The van der Waals surface area contributed by atoms with Gasteiger partial charge in [0, 0.05) is 0 Å². The Hall–Kier alpha value is 0. The average Bonchev–Trinajstić information content (AvgIpc) is 2.73. The molecule has 2 saturated carbocycles. The van der Waals surface area contributed by atoms with E-state index >= 15 is 0 Å². The van der Waals surface area contributed by atoms with E-state index in [1.165, 1.54) is 38.5 Å². The molecule has 0 spiro atoms. The highest BCUT2D eigenvalue weighted by atomic mass is 14.5. The Morgan fingerprint density at radius 1 is 0.889 bits per heavy atom. The zero-order valence-corrected chi connectivity index (χ0v) is 13.7. The molecule has 18 heavy (non-hydrogen) atoms. The molecule has 2 fully saturated rings. The molecule has 2 aliphatic rings. The van der Waals surface area contributed by atoms with Gasteiger partial charge in [0.1, 0.15) is 0 Å². The lowest BCUT2D eigenvalue weighted by atomic mass is 9.63. The van der Waals surface area contributed by atoms with Crippen LogP contribution in [0.5, 0.6) is 0 Å². The fourth-order valence-electron chi connectivity index (χ4n) is 4.53. The molecule has 108 valence electrons. The van der Waals surface area contributed by atoms with Crippen LogP contribution in [0, 0.1) is 35.5 Å². The molecule has 0 aromatic heterocycles. The molecule has 0 bridgehead atoms. The third-order valence-corrected chi connectivity index (χ3v) is 5.80. The molecular formula is C18H36. The summed E-state index contributed by atoms with van der Waals surface area (Å²) in [5, 5.41) is 0. The van der Waals surface area contributed by atoms with Gasteiger partial charge in [0.25, 0.3) is 0 Å². The van der Waals surface area contributed by atoms with Crippen LogP contribution in [0.2, 0.25) is 0 Å². The summed E-state index contributed by atoms with van der Waals surface area (Å²) in [5.41, 5.74) is 0. The smallest absolute Gasteiger partial charge is 0.0355 e. The highest BCUT2D eigenvalue weighted by Crippen LogP contribution is 2.52. The standard InChI is InChI=1S/C15H28.C3H8/c1-5-10(2)13-8-9-14-11(3)6-7-15(14)12(13)4;1-3-2/h10-15H,5-9H2,1-4H3;3H2,1-2H3. The second kappa shape index (κ2) is 7.56. The quantitative estimate of drug-likeness (QED) is 0.552. The second-order valence-corrected chi connectivity index (χ2v) is 7.08. The van der Waals surface area contributed by atoms with E-state index in [4.69, 9.17) is 0 Å². The van der Waals surface area contributed by atoms with Crippen molar-refractivity contribution in [2.75, 3.05) is 0 Å². The first-order valence-electron chi connectivity index (χ1n) is 8.56. The van der Waals surface area contributed by atoms with Gasteiger partial charge in [0.15, 0.2) is 0 Å². The Morgan fingerprint density at radius 2 is 1.44 bits per heavy atom. The molecule has 0 heterocycles. The Bertz CT molecular complexity index is 218. The van der Waals surface area contributed by atoms with Crippen LogP contribution in [-0.4, -0.2) is 0 Å². The summed E-state index contributed by atoms with van der Waals surface area (Å²) < 4.78 is 0. The molecule has 0 amide bonds. The van der Waals surface area contributed by atoms with Gasteiger partial charge in [-0.25, -0.2) is 0 Å². The molecule has 0 heteroatoms. The summed E-state index contributed by atoms with van der Waals surface area (Å²) in [5.74, 6) is 6.17. The first kappa shape index (κ1) is 16.1. The largest absolute Gasteiger partial charge is 0.0656 e. The highest BCUT2D eigenvalue weighted by molar-refractivity contribution is 4.93. The fraction of sp³-hybridized carbons (Fsp3) is 1.00. The molecular weight excluding hydrogens is 216 g/mol. The molecule has 0 nitrogen and oxygen atoms in total. The Balaban J connectivity index is 0.000000492. The molecule has 6 unspecified atom stereocenters. The molecule has 6 atom stereocenters. The van der Waals surface area contributed by atoms with Gasteiger partial charge >= 0.3 is 0 Å². The number of hydrogen-bond donors (Lipinski definition) is 0. The van der Waals surface area contributed by atoms with Gasteiger partial charge in [0.05, 0.1) is 0 Å². The molecule has 0 aromatic rings. The van der Waals surface area contributed by atoms with E-state index in [0.29, 0.717) is 0 Å². The lowest BCUT2D eigenvalue weighted by molar-refractivity contribution is 0.0738. The highest BCUT2D eigenvalue weighted by Gasteiger charge is 2.43. The third-order valence-electron chi connectivity index (χ3n) is 5.80. The van der Waals surface area contributed by atoms with Gasteiger partial charge < -0.3 is 0 Å². The lowest BCUT2D eigenvalue weighted by Crippen LogP contribution is -2.34. The van der Waals surface area contributed by atoms with Crippen LogP contribution in [0.15, 0.2) is 0 Å². The van der Waals surface area contributed by atoms with Crippen molar-refractivity contribution in [3.8, 4) is 0 Å². The molecule has 2 aliphatic carbocycles. The summed E-state index contributed by atoms with van der Waals surface area (Å²) >= 11 is 0. The third kappa shape index (κ3) is 3.52. The van der Waals surface area contributed by atoms with Crippen molar-refractivity contribution in [1.82, 2.24) is 0 Å². The van der Waals surface area contributed by atoms with Crippen LogP contribution < -0.4 is 0 Å². The summed E-state index contributed by atoms with van der Waals surface area (Å²) in [6.07, 6.45) is 8.71. The maximum absolute atomic E-state index is 2.55. The molecule has 0 N–H and O–H groups in total. The minimum Gasteiger partial charge on any atom is -0.0656 e. The predicted molar refractivity (Wildman–Crippen MR) is 82.7 cm³/mol. The fourth-order valence-corrected chi connectivity index (χ4v) is 4.53. The Kier molecular flexibility index (Phi) is 6.74. The van der Waals surface area contributed by atoms with Crippen molar-refractivity contribution in [1.29, 1.82) is 0 Å². The molecule has 0 radical (unpaired) electrons. The van der Waals surface area contributed by atoms with Crippen LogP contribution >= 0.6 is 0 Å². The van der Waals surface area contributed by atoms with Crippen molar-refractivity contribution in [2.45, 2.75) is 80.1 Å². The van der Waals surface area contributed by atoms with Crippen molar-refractivity contribution in [3.63, 3.8) is 0 Å². The van der Waals surface area contributed by atoms with Gasteiger partial charge in [-0.1, -0.05) is 60.8 Å². The van der Waals surface area contributed by atoms with Gasteiger partial charge in [-0.2, -0.15) is 0 Å². The van der Waals surface area contributed by atoms with Crippen molar-refractivity contribution < 1.29 is 0 Å². The molecule has 0 aromatic carbocycles. The van der Waals surface area contributed by atoms with Gasteiger partial charge in [-0.15, -0.1) is 0 Å². The van der Waals surface area contributed by atoms with E-state index in [2.05, 4.69) is 41.5 Å². The summed E-state index contributed by atoms with van der Waals surface area (Å²) in [4.78, 5) is 0. The lowest BCUT2D eigenvalue weighted by Gasteiger charge is -2.42. The minimum absolute atomic E-state index is 0.955. The van der Waals surface area contributed by atoms with E-state index in [-0.39, 0.29) is 0 Å². The zero-order chi connectivity index (χ0) is 13.7.